The molecule has 0 N–H and O–H groups in total. The molecule has 0 aromatic heterocycles. The molecule has 0 saturated carbocycles. The predicted octanol–water partition coefficient (Wildman–Crippen LogP) is 3.98. The molecule has 0 radical (unpaired) electrons. The fourth-order valence-corrected chi connectivity index (χ4v) is 3.05. The Morgan fingerprint density at radius 3 is 2.64 bits per heavy atom. The molecule has 128 valence electrons. The summed E-state index contributed by atoms with van der Waals surface area (Å²) in [7, 11) is 0. The van der Waals surface area contributed by atoms with Gasteiger partial charge in [0.2, 0.25) is 0 Å². The summed E-state index contributed by atoms with van der Waals surface area (Å²) < 4.78 is 6.23. The molecule has 0 aliphatic carbocycles. The van der Waals surface area contributed by atoms with Crippen molar-refractivity contribution in [1.82, 2.24) is 0 Å². The standard InChI is InChI=1S/C20H18BrNO3/c1-14(20(24)22-13-12-16-4-2-3-5-18(16)22)25-19(23)11-8-15-6-9-17(21)10-7-15/h2-11,14H,12-13H2,1H3/b11-8+/t14-/m1/s1. The van der Waals surface area contributed by atoms with E-state index in [9.17, 15) is 9.59 Å². The van der Waals surface area contributed by atoms with E-state index >= 15 is 0 Å². The van der Waals surface area contributed by atoms with Crippen LogP contribution in [0.1, 0.15) is 18.1 Å². The number of fused-ring (bicyclic) bond motifs is 1. The highest BCUT2D eigenvalue weighted by Crippen LogP contribution is 2.28. The lowest BCUT2D eigenvalue weighted by Crippen LogP contribution is -2.38. The average Bonchev–Trinajstić information content (AvgIpc) is 3.04. The Hall–Kier alpha value is -2.40. The van der Waals surface area contributed by atoms with E-state index in [1.54, 1.807) is 17.9 Å². The second kappa shape index (κ2) is 7.66. The molecule has 0 unspecified atom stereocenters. The Morgan fingerprint density at radius 1 is 1.16 bits per heavy atom. The molecule has 0 bridgehead atoms. The highest BCUT2D eigenvalue weighted by Gasteiger charge is 2.29. The fourth-order valence-electron chi connectivity index (χ4n) is 2.79. The van der Waals surface area contributed by atoms with Crippen molar-refractivity contribution in [3.05, 3.63) is 70.2 Å². The number of para-hydroxylation sites is 1. The average molecular weight is 400 g/mol. The lowest BCUT2D eigenvalue weighted by molar-refractivity contribution is -0.149. The van der Waals surface area contributed by atoms with Crippen LogP contribution in [0.3, 0.4) is 0 Å². The smallest absolute Gasteiger partial charge is 0.331 e. The van der Waals surface area contributed by atoms with Crippen LogP contribution >= 0.6 is 15.9 Å². The van der Waals surface area contributed by atoms with Crippen LogP contribution in [0.4, 0.5) is 5.69 Å². The van der Waals surface area contributed by atoms with E-state index in [4.69, 9.17) is 4.74 Å². The number of hydrogen-bond acceptors (Lipinski definition) is 3. The summed E-state index contributed by atoms with van der Waals surface area (Å²) in [5, 5.41) is 0. The van der Waals surface area contributed by atoms with Crippen molar-refractivity contribution in [3.8, 4) is 0 Å². The number of anilines is 1. The van der Waals surface area contributed by atoms with Crippen LogP contribution in [0.15, 0.2) is 59.1 Å². The van der Waals surface area contributed by atoms with Crippen molar-refractivity contribution >= 4 is 39.6 Å². The molecule has 2 aromatic rings. The van der Waals surface area contributed by atoms with Crippen LogP contribution in [0, 0.1) is 0 Å². The van der Waals surface area contributed by atoms with E-state index in [0.717, 1.165) is 27.7 Å². The minimum absolute atomic E-state index is 0.199. The summed E-state index contributed by atoms with van der Waals surface area (Å²) in [4.78, 5) is 26.2. The minimum atomic E-state index is -0.826. The van der Waals surface area contributed by atoms with Gasteiger partial charge in [0.05, 0.1) is 0 Å². The Morgan fingerprint density at radius 2 is 1.88 bits per heavy atom. The second-order valence-corrected chi connectivity index (χ2v) is 6.75. The Labute approximate surface area is 155 Å². The summed E-state index contributed by atoms with van der Waals surface area (Å²) in [6.45, 7) is 2.23. The lowest BCUT2D eigenvalue weighted by atomic mass is 10.2. The van der Waals surface area contributed by atoms with Gasteiger partial charge < -0.3 is 9.64 Å². The fraction of sp³-hybridized carbons (Fsp3) is 0.200. The number of hydrogen-bond donors (Lipinski definition) is 0. The zero-order chi connectivity index (χ0) is 17.8. The van der Waals surface area contributed by atoms with Crippen molar-refractivity contribution in [2.24, 2.45) is 0 Å². The summed E-state index contributed by atoms with van der Waals surface area (Å²) in [5.74, 6) is -0.730. The van der Waals surface area contributed by atoms with Gasteiger partial charge >= 0.3 is 5.97 Å². The molecule has 1 aliphatic rings. The highest BCUT2D eigenvalue weighted by molar-refractivity contribution is 9.10. The third kappa shape index (κ3) is 4.17. The van der Waals surface area contributed by atoms with E-state index in [-0.39, 0.29) is 5.91 Å². The van der Waals surface area contributed by atoms with Gasteiger partial charge in [-0.15, -0.1) is 0 Å². The molecule has 0 spiro atoms. The van der Waals surface area contributed by atoms with Crippen molar-refractivity contribution in [2.45, 2.75) is 19.4 Å². The number of carbonyl (C=O) groups is 2. The first kappa shape index (κ1) is 17.4. The van der Waals surface area contributed by atoms with E-state index in [1.807, 2.05) is 48.5 Å². The van der Waals surface area contributed by atoms with Crippen LogP contribution in [-0.2, 0) is 20.7 Å². The molecule has 1 heterocycles. The SMILES string of the molecule is C[C@@H](OC(=O)/C=C/c1ccc(Br)cc1)C(=O)N1CCc2ccccc21. The van der Waals surface area contributed by atoms with Gasteiger partial charge in [0, 0.05) is 22.8 Å². The van der Waals surface area contributed by atoms with Gasteiger partial charge in [-0.05, 0) is 48.7 Å². The maximum Gasteiger partial charge on any atom is 0.331 e. The van der Waals surface area contributed by atoms with Gasteiger partial charge in [0.15, 0.2) is 6.10 Å². The van der Waals surface area contributed by atoms with Crippen LogP contribution < -0.4 is 4.90 Å². The molecule has 0 fully saturated rings. The number of ether oxygens (including phenoxy) is 1. The number of benzene rings is 2. The van der Waals surface area contributed by atoms with E-state index < -0.39 is 12.1 Å². The molecule has 0 saturated heterocycles. The van der Waals surface area contributed by atoms with Gasteiger partial charge in [0.1, 0.15) is 0 Å². The second-order valence-electron chi connectivity index (χ2n) is 5.83. The molecule has 1 amide bonds. The van der Waals surface area contributed by atoms with E-state index in [2.05, 4.69) is 15.9 Å². The first-order valence-electron chi connectivity index (χ1n) is 8.08. The molecule has 2 aromatic carbocycles. The molecule has 25 heavy (non-hydrogen) atoms. The molecule has 1 atom stereocenters. The van der Waals surface area contributed by atoms with Gasteiger partial charge in [-0.25, -0.2) is 4.79 Å². The zero-order valence-electron chi connectivity index (χ0n) is 13.8. The summed E-state index contributed by atoms with van der Waals surface area (Å²) in [5.41, 5.74) is 2.93. The number of nitrogens with zero attached hydrogens (tertiary/aromatic N) is 1. The maximum atomic E-state index is 12.6. The van der Waals surface area contributed by atoms with Crippen molar-refractivity contribution in [1.29, 1.82) is 0 Å². The van der Waals surface area contributed by atoms with Crippen LogP contribution in [-0.4, -0.2) is 24.5 Å². The van der Waals surface area contributed by atoms with Crippen molar-refractivity contribution < 1.29 is 14.3 Å². The Kier molecular flexibility index (Phi) is 5.34. The lowest BCUT2D eigenvalue weighted by Gasteiger charge is -2.21. The van der Waals surface area contributed by atoms with Crippen LogP contribution in [0.25, 0.3) is 6.08 Å². The topological polar surface area (TPSA) is 46.6 Å². The van der Waals surface area contributed by atoms with Crippen LogP contribution in [0.5, 0.6) is 0 Å². The van der Waals surface area contributed by atoms with Gasteiger partial charge in [-0.2, -0.15) is 0 Å². The third-order valence-corrected chi connectivity index (χ3v) is 4.60. The molecule has 1 aliphatic heterocycles. The maximum absolute atomic E-state index is 12.6. The van der Waals surface area contributed by atoms with Gasteiger partial charge in [-0.3, -0.25) is 4.79 Å². The Bertz CT molecular complexity index is 814. The van der Waals surface area contributed by atoms with E-state index in [0.29, 0.717) is 6.54 Å². The monoisotopic (exact) mass is 399 g/mol. The first-order valence-corrected chi connectivity index (χ1v) is 8.87. The predicted molar refractivity (Wildman–Crippen MR) is 101 cm³/mol. The van der Waals surface area contributed by atoms with Gasteiger partial charge in [-0.1, -0.05) is 46.3 Å². The van der Waals surface area contributed by atoms with Gasteiger partial charge in [0.25, 0.3) is 5.91 Å². The summed E-state index contributed by atoms with van der Waals surface area (Å²) in [6, 6.07) is 15.3. The minimum Gasteiger partial charge on any atom is -0.449 e. The summed E-state index contributed by atoms with van der Waals surface area (Å²) >= 11 is 3.36. The summed E-state index contributed by atoms with van der Waals surface area (Å²) in [6.07, 6.45) is 3.00. The molecule has 5 heteroatoms. The first-order chi connectivity index (χ1) is 12.0. The largest absolute Gasteiger partial charge is 0.449 e. The Balaban J connectivity index is 1.60. The number of amides is 1. The molecular weight excluding hydrogens is 382 g/mol. The molecule has 3 rings (SSSR count). The quantitative estimate of drug-likeness (QED) is 0.576. The zero-order valence-corrected chi connectivity index (χ0v) is 15.4. The number of rotatable bonds is 4. The van der Waals surface area contributed by atoms with Crippen molar-refractivity contribution in [2.75, 3.05) is 11.4 Å². The van der Waals surface area contributed by atoms with Crippen LogP contribution in [0.2, 0.25) is 0 Å². The number of carbonyl (C=O) groups excluding carboxylic acids is 2. The molecular formula is C20H18BrNO3. The molecule has 4 nitrogen and oxygen atoms in total. The third-order valence-electron chi connectivity index (χ3n) is 4.08. The van der Waals surface area contributed by atoms with Crippen molar-refractivity contribution in [3.63, 3.8) is 0 Å². The van der Waals surface area contributed by atoms with E-state index in [1.165, 1.54) is 6.08 Å². The highest BCUT2D eigenvalue weighted by atomic mass is 79.9. The number of halogens is 1. The number of esters is 1. The normalized spacial score (nSPS) is 14.4.